The predicted octanol–water partition coefficient (Wildman–Crippen LogP) is -9.20. The van der Waals surface area contributed by atoms with E-state index in [-0.39, 0.29) is 10.8 Å². The molecule has 16 N–H and O–H groups in total. The maximum absolute atomic E-state index is 13.8. The summed E-state index contributed by atoms with van der Waals surface area (Å²) in [7, 11) is 0. The molecule has 0 spiro atoms. The molecule has 0 bridgehead atoms. The fourth-order valence-corrected chi connectivity index (χ4v) is 7.89. The molecule has 4 amide bonds. The molecule has 0 aliphatic carbocycles. The van der Waals surface area contributed by atoms with Crippen LogP contribution < -0.4 is 21.3 Å². The van der Waals surface area contributed by atoms with Crippen LogP contribution in [0.1, 0.15) is 51.4 Å². The summed E-state index contributed by atoms with van der Waals surface area (Å²) in [5.41, 5.74) is 0. The normalized spacial score (nSPS) is 32.5. The lowest BCUT2D eigenvalue weighted by molar-refractivity contribution is -0.229. The quantitative estimate of drug-likeness (QED) is 0.0268. The van der Waals surface area contributed by atoms with Gasteiger partial charge in [0.05, 0.1) is 68.2 Å². The molecule has 3 aliphatic rings. The minimum Gasteiger partial charge on any atom is -0.394 e. The number of rotatable bonds is 27. The van der Waals surface area contributed by atoms with E-state index >= 15 is 0 Å². The number of halogens is 1. The first-order chi connectivity index (χ1) is 32.1. The van der Waals surface area contributed by atoms with Crippen molar-refractivity contribution in [2.24, 2.45) is 5.92 Å². The topological polar surface area (TPSA) is 455 Å². The molecule has 0 aromatic carbocycles. The number of aliphatic hydroxyl groups is 12. The van der Waals surface area contributed by atoms with Crippen molar-refractivity contribution in [2.75, 3.05) is 43.9 Å². The van der Waals surface area contributed by atoms with Crippen LogP contribution in [0.4, 0.5) is 0 Å². The van der Waals surface area contributed by atoms with Crippen molar-refractivity contribution in [1.82, 2.24) is 21.3 Å². The predicted molar refractivity (Wildman–Crippen MR) is 232 cm³/mol. The van der Waals surface area contributed by atoms with Gasteiger partial charge in [-0.1, -0.05) is 22.6 Å². The van der Waals surface area contributed by atoms with Crippen molar-refractivity contribution < 1.29 is 114 Å². The summed E-state index contributed by atoms with van der Waals surface area (Å²) in [6.07, 6.45) is -27.5. The molecular weight excluding hydrogens is 1030 g/mol. The molecule has 0 radical (unpaired) electrons. The average Bonchev–Trinajstić information content (AvgIpc) is 3.32. The van der Waals surface area contributed by atoms with Crippen LogP contribution >= 0.6 is 22.6 Å². The molecule has 3 fully saturated rings. The minimum atomic E-state index is -1.78. The van der Waals surface area contributed by atoms with Gasteiger partial charge in [-0.05, 0) is 12.8 Å². The van der Waals surface area contributed by atoms with Gasteiger partial charge < -0.3 is 96.8 Å². The highest BCUT2D eigenvalue weighted by atomic mass is 127. The van der Waals surface area contributed by atoms with Crippen molar-refractivity contribution in [2.45, 2.75) is 149 Å². The third-order valence-corrected chi connectivity index (χ3v) is 12.4. The summed E-state index contributed by atoms with van der Waals surface area (Å²) in [5, 5.41) is 129. The maximum atomic E-state index is 13.8. The molecule has 0 aromatic rings. The fourth-order valence-electron chi connectivity index (χ4n) is 7.67. The Kier molecular flexibility index (Phi) is 24.7. The third kappa shape index (κ3) is 17.2. The summed E-state index contributed by atoms with van der Waals surface area (Å²) >= 11 is 1.70. The molecule has 8 unspecified atom stereocenters. The van der Waals surface area contributed by atoms with Gasteiger partial charge in [0, 0.05) is 44.4 Å². The molecule has 3 rings (SSSR count). The smallest absolute Gasteiger partial charge is 0.230 e. The molecule has 68 heavy (non-hydrogen) atoms. The van der Waals surface area contributed by atoms with E-state index in [1.165, 1.54) is 0 Å². The Morgan fingerprint density at radius 2 is 0.794 bits per heavy atom. The van der Waals surface area contributed by atoms with Crippen LogP contribution in [0.25, 0.3) is 0 Å². The first-order valence-corrected chi connectivity index (χ1v) is 23.2. The van der Waals surface area contributed by atoms with Crippen LogP contribution in [0.2, 0.25) is 0 Å². The molecule has 0 saturated carbocycles. The van der Waals surface area contributed by atoms with Gasteiger partial charge in [0.15, 0.2) is 23.1 Å². The van der Waals surface area contributed by atoms with E-state index < -0.39 is 235 Å². The van der Waals surface area contributed by atoms with Crippen LogP contribution in [0, 0.1) is 5.92 Å². The lowest BCUT2D eigenvalue weighted by atomic mass is 9.91. The molecule has 3 heterocycles. The first kappa shape index (κ1) is 59.0. The van der Waals surface area contributed by atoms with Gasteiger partial charge in [-0.3, -0.25) is 38.4 Å². The second-order valence-electron chi connectivity index (χ2n) is 16.8. The van der Waals surface area contributed by atoms with Gasteiger partial charge in [0.1, 0.15) is 73.2 Å². The maximum Gasteiger partial charge on any atom is 0.230 e. The van der Waals surface area contributed by atoms with E-state index in [1.54, 1.807) is 22.6 Å². The summed E-state index contributed by atoms with van der Waals surface area (Å²) in [6.45, 7) is -4.20. The molecule has 27 nitrogen and oxygen atoms in total. The summed E-state index contributed by atoms with van der Waals surface area (Å²) in [5.74, 6) is -7.58. The van der Waals surface area contributed by atoms with Gasteiger partial charge in [0.2, 0.25) is 23.6 Å². The van der Waals surface area contributed by atoms with Crippen molar-refractivity contribution in [3.05, 3.63) is 0 Å². The summed E-state index contributed by atoms with van der Waals surface area (Å²) < 4.78 is 15.8. The first-order valence-electron chi connectivity index (χ1n) is 21.7. The van der Waals surface area contributed by atoms with E-state index in [9.17, 15) is 99.6 Å². The monoisotopic (exact) mass is 1090 g/mol. The molecule has 0 aromatic heterocycles. The molecule has 28 heteroatoms. The number of ketones is 4. The summed E-state index contributed by atoms with van der Waals surface area (Å²) in [6, 6.07) is -1.41. The van der Waals surface area contributed by atoms with Crippen molar-refractivity contribution >= 4 is 69.4 Å². The largest absolute Gasteiger partial charge is 0.394 e. The Morgan fingerprint density at radius 1 is 0.456 bits per heavy atom. The molecular formula is C40H63IN4O23. The van der Waals surface area contributed by atoms with Crippen molar-refractivity contribution in [3.63, 3.8) is 0 Å². The van der Waals surface area contributed by atoms with Gasteiger partial charge in [-0.15, -0.1) is 0 Å². The highest BCUT2D eigenvalue weighted by Crippen LogP contribution is 2.26. The number of ether oxygens (including phenoxy) is 3. The van der Waals surface area contributed by atoms with E-state index in [0.29, 0.717) is 0 Å². The Balaban J connectivity index is 1.66. The van der Waals surface area contributed by atoms with Crippen LogP contribution in [0.15, 0.2) is 0 Å². The third-order valence-electron chi connectivity index (χ3n) is 11.7. The zero-order chi connectivity index (χ0) is 51.0. The van der Waals surface area contributed by atoms with Crippen molar-refractivity contribution in [1.29, 1.82) is 0 Å². The Morgan fingerprint density at radius 3 is 1.15 bits per heavy atom. The number of amides is 4. The zero-order valence-corrected chi connectivity index (χ0v) is 38.8. The molecule has 3 aliphatic heterocycles. The zero-order valence-electron chi connectivity index (χ0n) is 36.7. The highest BCUT2D eigenvalue weighted by Gasteiger charge is 2.46. The summed E-state index contributed by atoms with van der Waals surface area (Å²) in [4.78, 5) is 104. The highest BCUT2D eigenvalue weighted by molar-refractivity contribution is 14.1. The van der Waals surface area contributed by atoms with Gasteiger partial charge in [-0.2, -0.15) is 0 Å². The number of hydrogen-bond acceptors (Lipinski definition) is 23. The SMILES string of the molecule is O=C(CNC(=O)CCC(CC(=O)C(CCC(=O)NCC(=O)C[C@@H]1OC(CO)[C@H](O)[C@H](O)C1O)NC(=O)CI)C(=O)NCC(=O)C[C@@H]1OC(CO)[C@H](O)[C@H](O)C1O)C[C@@H]1OC(CO)[C@H](O)[C@H](O)C1O. The molecule has 3 saturated heterocycles. The second-order valence-corrected chi connectivity index (χ2v) is 17.6. The number of Topliss-reactive ketones (excluding diaryl/α,β-unsaturated/α-hetero) is 4. The lowest BCUT2D eigenvalue weighted by Gasteiger charge is -2.39. The number of alkyl halides is 1. The number of nitrogens with one attached hydrogen (secondary N) is 4. The number of hydrogen-bond donors (Lipinski definition) is 16. The Hall–Kier alpha value is -3.31. The van der Waals surface area contributed by atoms with Crippen LogP contribution in [0.5, 0.6) is 0 Å². The second kappa shape index (κ2) is 28.5. The van der Waals surface area contributed by atoms with Gasteiger partial charge >= 0.3 is 0 Å². The lowest BCUT2D eigenvalue weighted by Crippen LogP contribution is -2.59. The van der Waals surface area contributed by atoms with Crippen molar-refractivity contribution in [3.8, 4) is 0 Å². The van der Waals surface area contributed by atoms with Gasteiger partial charge in [0.25, 0.3) is 0 Å². The Labute approximate surface area is 402 Å². The number of aliphatic hydroxyl groups excluding tert-OH is 12. The number of carbonyl (C=O) groups is 8. The van der Waals surface area contributed by atoms with Gasteiger partial charge in [-0.25, -0.2) is 0 Å². The molecule has 17 atom stereocenters. The van der Waals surface area contributed by atoms with E-state index in [0.717, 1.165) is 0 Å². The van der Waals surface area contributed by atoms with Crippen LogP contribution in [0.3, 0.4) is 0 Å². The van der Waals surface area contributed by atoms with E-state index in [1.807, 2.05) is 0 Å². The standard InChI is InChI=1S/C40H63IN4O23/c41-9-30(55)45-20(2-4-29(54)43-11-18(50)7-23-32(57)38(63)35(60)26(14-47)67-23)21(52)5-16(40(65)44-12-19(51)8-24-33(58)39(64)36(61)27(15-48)68-24)1-3-28(53)42-10-17(49)6-22-31(56)37(62)34(59)25(13-46)66-22/h16,20,22-27,31-39,46-48,56-64H,1-15H2,(H,42,53)(H,43,54)(H,44,65)(H,45,55)/t16?,20?,22-,23-,24-,25?,26?,27?,31?,32?,33?,34-,35-,36-,37+,38+,39+/m0/s1. The average molecular weight is 1090 g/mol. The minimum absolute atomic E-state index is 0.143. The molecule has 388 valence electrons. The Bertz CT molecular complexity index is 1730. The van der Waals surface area contributed by atoms with E-state index in [2.05, 4.69) is 21.3 Å². The fraction of sp³-hybridized carbons (Fsp3) is 0.800. The van der Waals surface area contributed by atoms with Crippen LogP contribution in [-0.2, 0) is 52.6 Å². The van der Waals surface area contributed by atoms with E-state index in [4.69, 9.17) is 14.2 Å². The van der Waals surface area contributed by atoms with Crippen LogP contribution in [-0.4, -0.2) is 250 Å². The number of carbonyl (C=O) groups excluding carboxylic acids is 8.